The summed E-state index contributed by atoms with van der Waals surface area (Å²) in [6.07, 6.45) is 5.37. The van der Waals surface area contributed by atoms with Crippen LogP contribution in [0.5, 0.6) is 5.75 Å². The number of aliphatic hydroxyl groups excluding tert-OH is 2. The van der Waals surface area contributed by atoms with Crippen molar-refractivity contribution in [1.29, 1.82) is 0 Å². The maximum Gasteiger partial charge on any atom is 0.255 e. The van der Waals surface area contributed by atoms with Crippen LogP contribution in [0.1, 0.15) is 55.7 Å². The molecule has 194 valence electrons. The number of unbranched alkanes of at least 4 members (excludes halogenated alkanes) is 3. The maximum atomic E-state index is 13.8. The van der Waals surface area contributed by atoms with E-state index in [2.05, 4.69) is 6.92 Å². The molecule has 0 aromatic heterocycles. The van der Waals surface area contributed by atoms with E-state index in [9.17, 15) is 34.8 Å². The van der Waals surface area contributed by atoms with E-state index in [1.165, 1.54) is 11.0 Å². The number of nitrogens with zero attached hydrogens (tertiary/aromatic N) is 1. The summed E-state index contributed by atoms with van der Waals surface area (Å²) in [7, 11) is 3.17. The summed E-state index contributed by atoms with van der Waals surface area (Å²) in [5.74, 6) is -6.32. The molecule has 1 saturated carbocycles. The summed E-state index contributed by atoms with van der Waals surface area (Å²) in [4.78, 5) is 40.5. The minimum atomic E-state index is -2.61. The third kappa shape index (κ3) is 3.72. The average molecular weight is 499 g/mol. The highest BCUT2D eigenvalue weighted by Gasteiger charge is 2.64. The molecule has 9 heteroatoms. The number of aliphatic hydroxyl groups is 3. The van der Waals surface area contributed by atoms with Gasteiger partial charge in [-0.2, -0.15) is 0 Å². The van der Waals surface area contributed by atoms with Crippen molar-refractivity contribution in [3.63, 3.8) is 0 Å². The van der Waals surface area contributed by atoms with Crippen molar-refractivity contribution in [1.82, 2.24) is 4.90 Å². The lowest BCUT2D eigenvalue weighted by molar-refractivity contribution is -0.153. The second kappa shape index (κ2) is 9.37. The summed E-state index contributed by atoms with van der Waals surface area (Å²) >= 11 is 0. The second-order valence-electron chi connectivity index (χ2n) is 10.4. The standard InChI is InChI=1S/C27H34N2O7/c1-4-5-6-7-8-13-9-10-17(30)19-15(13)11-14-12-16-21(29(2)3)23(32)20(26(28)35)25(34)27(16,36)24(33)18(14)22(19)31/h9-10,14,16,21,30-31,34,36H,4-8,11-12H2,1-3H3,(H2,28,35)/t14-,16-,21+,27+/m0/s1. The van der Waals surface area contributed by atoms with Gasteiger partial charge >= 0.3 is 0 Å². The second-order valence-corrected chi connectivity index (χ2v) is 10.4. The number of primary amides is 1. The van der Waals surface area contributed by atoms with Gasteiger partial charge in [0.05, 0.1) is 11.6 Å². The largest absolute Gasteiger partial charge is 0.508 e. The molecule has 0 spiro atoms. The lowest BCUT2D eigenvalue weighted by Gasteiger charge is -2.50. The molecular formula is C27H34N2O7. The number of amides is 1. The number of phenolic OH excluding ortho intramolecular Hbond substituents is 1. The Hall–Kier alpha value is -3.17. The molecule has 4 rings (SSSR count). The van der Waals surface area contributed by atoms with Gasteiger partial charge in [-0.3, -0.25) is 19.3 Å². The highest BCUT2D eigenvalue weighted by atomic mass is 16.3. The van der Waals surface area contributed by atoms with Crippen LogP contribution in [0.4, 0.5) is 0 Å². The van der Waals surface area contributed by atoms with Crippen LogP contribution in [0.15, 0.2) is 29.0 Å². The Morgan fingerprint density at radius 1 is 1.14 bits per heavy atom. The first-order valence-electron chi connectivity index (χ1n) is 12.4. The van der Waals surface area contributed by atoms with Crippen LogP contribution in [-0.4, -0.2) is 68.5 Å². The zero-order valence-electron chi connectivity index (χ0n) is 20.9. The number of carbonyl (C=O) groups is 3. The predicted octanol–water partition coefficient (Wildman–Crippen LogP) is 2.09. The molecule has 3 aliphatic rings. The molecule has 1 fully saturated rings. The number of likely N-dealkylation sites (N-methyl/N-ethyl adjacent to an activating group) is 1. The Morgan fingerprint density at radius 2 is 1.83 bits per heavy atom. The fraction of sp³-hybridized carbons (Fsp3) is 0.519. The summed E-state index contributed by atoms with van der Waals surface area (Å²) in [5.41, 5.74) is 3.66. The average Bonchev–Trinajstić information content (AvgIpc) is 2.80. The maximum absolute atomic E-state index is 13.8. The molecule has 1 amide bonds. The van der Waals surface area contributed by atoms with E-state index in [0.29, 0.717) is 6.42 Å². The summed E-state index contributed by atoms with van der Waals surface area (Å²) in [5, 5.41) is 44.4. The lowest BCUT2D eigenvalue weighted by Crippen LogP contribution is -2.65. The van der Waals surface area contributed by atoms with Crippen molar-refractivity contribution in [2.45, 2.75) is 63.5 Å². The number of nitrogens with two attached hydrogens (primary N) is 1. The number of fused-ring (bicyclic) bond motifs is 3. The van der Waals surface area contributed by atoms with Crippen LogP contribution >= 0.6 is 0 Å². The smallest absolute Gasteiger partial charge is 0.255 e. The Bertz CT molecular complexity index is 1200. The van der Waals surface area contributed by atoms with Gasteiger partial charge in [-0.1, -0.05) is 32.3 Å². The van der Waals surface area contributed by atoms with Gasteiger partial charge in [0.25, 0.3) is 5.91 Å². The Kier molecular flexibility index (Phi) is 6.74. The van der Waals surface area contributed by atoms with Gasteiger partial charge in [-0.05, 0) is 62.9 Å². The molecular weight excluding hydrogens is 464 g/mol. The van der Waals surface area contributed by atoms with E-state index >= 15 is 0 Å². The zero-order chi connectivity index (χ0) is 26.5. The van der Waals surface area contributed by atoms with Crippen molar-refractivity contribution >= 4 is 23.2 Å². The third-order valence-corrected chi connectivity index (χ3v) is 8.00. The van der Waals surface area contributed by atoms with Crippen LogP contribution in [0.25, 0.3) is 5.76 Å². The van der Waals surface area contributed by atoms with Crippen LogP contribution in [0.3, 0.4) is 0 Å². The van der Waals surface area contributed by atoms with E-state index in [1.54, 1.807) is 14.1 Å². The molecule has 0 bridgehead atoms. The van der Waals surface area contributed by atoms with E-state index in [-0.39, 0.29) is 23.3 Å². The molecule has 6 N–H and O–H groups in total. The molecule has 9 nitrogen and oxygen atoms in total. The normalized spacial score (nSPS) is 27.8. The van der Waals surface area contributed by atoms with Crippen molar-refractivity contribution in [3.05, 3.63) is 45.7 Å². The van der Waals surface area contributed by atoms with Gasteiger partial charge in [0.2, 0.25) is 5.78 Å². The molecule has 36 heavy (non-hydrogen) atoms. The quantitative estimate of drug-likeness (QED) is 0.282. The van der Waals surface area contributed by atoms with Gasteiger partial charge in [0.1, 0.15) is 22.8 Å². The Labute approximate surface area is 209 Å². The predicted molar refractivity (Wildman–Crippen MR) is 132 cm³/mol. The molecule has 1 aromatic rings. The fourth-order valence-electron chi connectivity index (χ4n) is 6.28. The molecule has 3 aliphatic carbocycles. The van der Waals surface area contributed by atoms with Crippen molar-refractivity contribution in [2.75, 3.05) is 14.1 Å². The first-order valence-corrected chi connectivity index (χ1v) is 12.4. The summed E-state index contributed by atoms with van der Waals surface area (Å²) in [6.45, 7) is 2.13. The number of Topliss-reactive ketones (excluding diaryl/α,β-unsaturated/α-hetero) is 2. The van der Waals surface area contributed by atoms with E-state index in [4.69, 9.17) is 5.73 Å². The Balaban J connectivity index is 1.86. The van der Waals surface area contributed by atoms with Gasteiger partial charge in [0, 0.05) is 11.5 Å². The van der Waals surface area contributed by atoms with Crippen LogP contribution in [-0.2, 0) is 27.2 Å². The number of ketones is 2. The lowest BCUT2D eigenvalue weighted by atomic mass is 9.57. The van der Waals surface area contributed by atoms with Gasteiger partial charge in [0.15, 0.2) is 11.4 Å². The number of phenols is 1. The molecule has 0 heterocycles. The van der Waals surface area contributed by atoms with E-state index < -0.39 is 58.0 Å². The third-order valence-electron chi connectivity index (χ3n) is 8.00. The summed E-state index contributed by atoms with van der Waals surface area (Å²) in [6, 6.07) is 2.24. The molecule has 0 unspecified atom stereocenters. The first-order chi connectivity index (χ1) is 17.0. The number of hydrogen-bond donors (Lipinski definition) is 5. The number of hydrogen-bond acceptors (Lipinski definition) is 8. The molecule has 1 aromatic carbocycles. The minimum absolute atomic E-state index is 0.0939. The van der Waals surface area contributed by atoms with Crippen LogP contribution < -0.4 is 5.73 Å². The summed E-state index contributed by atoms with van der Waals surface area (Å²) < 4.78 is 0. The first kappa shape index (κ1) is 25.9. The molecule has 0 saturated heterocycles. The molecule has 4 atom stereocenters. The van der Waals surface area contributed by atoms with Gasteiger partial charge in [-0.15, -0.1) is 0 Å². The topological polar surface area (TPSA) is 161 Å². The number of aromatic hydroxyl groups is 1. The molecule has 0 aliphatic heterocycles. The SMILES string of the molecule is CCCCCCc1ccc(O)c2c1C[C@H]1C[C@H]3[C@@H](N(C)C)C(=O)C(C(N)=O)=C(O)[C@]3(O)C(=O)C1=C2O. The zero-order valence-corrected chi connectivity index (χ0v) is 20.9. The van der Waals surface area contributed by atoms with E-state index in [1.807, 2.05) is 6.07 Å². The fourth-order valence-corrected chi connectivity index (χ4v) is 6.28. The highest BCUT2D eigenvalue weighted by Crippen LogP contribution is 2.53. The van der Waals surface area contributed by atoms with Crippen molar-refractivity contribution < 1.29 is 34.8 Å². The van der Waals surface area contributed by atoms with Crippen molar-refractivity contribution in [2.24, 2.45) is 17.6 Å². The van der Waals surface area contributed by atoms with Crippen LogP contribution in [0, 0.1) is 11.8 Å². The highest BCUT2D eigenvalue weighted by molar-refractivity contribution is 6.24. The Morgan fingerprint density at radius 3 is 2.44 bits per heavy atom. The number of benzene rings is 1. The van der Waals surface area contributed by atoms with Gasteiger partial charge < -0.3 is 26.2 Å². The minimum Gasteiger partial charge on any atom is -0.508 e. The molecule has 0 radical (unpaired) electrons. The number of aryl methyl sites for hydroxylation is 1. The van der Waals surface area contributed by atoms with Crippen molar-refractivity contribution in [3.8, 4) is 5.75 Å². The van der Waals surface area contributed by atoms with Crippen LogP contribution in [0.2, 0.25) is 0 Å². The number of carbonyl (C=O) groups excluding carboxylic acids is 3. The number of rotatable bonds is 7. The van der Waals surface area contributed by atoms with E-state index in [0.717, 1.165) is 43.2 Å². The monoisotopic (exact) mass is 498 g/mol. The van der Waals surface area contributed by atoms with Gasteiger partial charge in [-0.25, -0.2) is 0 Å².